The second kappa shape index (κ2) is 6.89. The second-order valence-electron chi connectivity index (χ2n) is 6.04. The third kappa shape index (κ3) is 3.14. The van der Waals surface area contributed by atoms with Gasteiger partial charge >= 0.3 is 5.69 Å². The van der Waals surface area contributed by atoms with E-state index in [1.165, 1.54) is 10.9 Å². The normalized spacial score (nSPS) is 26.6. The van der Waals surface area contributed by atoms with Gasteiger partial charge in [0.2, 0.25) is 0 Å². The summed E-state index contributed by atoms with van der Waals surface area (Å²) in [6.45, 7) is -0.472. The maximum absolute atomic E-state index is 12.6. The molecule has 0 saturated carbocycles. The molecule has 3 rings (SSSR count). The summed E-state index contributed by atoms with van der Waals surface area (Å²) in [5.41, 5.74) is -0.206. The van der Waals surface area contributed by atoms with Crippen LogP contribution in [-0.2, 0) is 4.74 Å². The molecule has 0 radical (unpaired) electrons. The summed E-state index contributed by atoms with van der Waals surface area (Å²) in [7, 11) is 3.60. The van der Waals surface area contributed by atoms with Gasteiger partial charge in [-0.25, -0.2) is 9.79 Å². The van der Waals surface area contributed by atoms with Crippen LogP contribution in [0.3, 0.4) is 0 Å². The SMILES string of the molecule is CN(C)C=Nc1nc(=O)n([C@@H]2O[C@H](CO)[C@@H](O)[C@H]2O)c2ccccc12. The average Bonchev–Trinajstić information content (AvgIpc) is 2.87. The van der Waals surface area contributed by atoms with Gasteiger partial charge in [0.1, 0.15) is 18.3 Å². The third-order valence-corrected chi connectivity index (χ3v) is 3.99. The van der Waals surface area contributed by atoms with Crippen LogP contribution in [0.2, 0.25) is 0 Å². The van der Waals surface area contributed by atoms with Gasteiger partial charge in [0.15, 0.2) is 12.0 Å². The molecule has 1 aromatic heterocycles. The predicted molar refractivity (Wildman–Crippen MR) is 90.9 cm³/mol. The number of fused-ring (bicyclic) bond motifs is 1. The molecule has 1 aliphatic heterocycles. The molecule has 25 heavy (non-hydrogen) atoms. The van der Waals surface area contributed by atoms with Crippen molar-refractivity contribution >= 4 is 23.1 Å². The van der Waals surface area contributed by atoms with Crippen LogP contribution >= 0.6 is 0 Å². The first kappa shape index (κ1) is 17.5. The number of benzene rings is 1. The van der Waals surface area contributed by atoms with Gasteiger partial charge in [0, 0.05) is 19.5 Å². The van der Waals surface area contributed by atoms with Crippen LogP contribution in [0.25, 0.3) is 10.9 Å². The molecule has 1 saturated heterocycles. The molecule has 3 N–H and O–H groups in total. The molecule has 2 heterocycles. The zero-order chi connectivity index (χ0) is 18.1. The number of para-hydroxylation sites is 1. The predicted octanol–water partition coefficient (Wildman–Crippen LogP) is -0.771. The fourth-order valence-corrected chi connectivity index (χ4v) is 2.79. The maximum atomic E-state index is 12.6. The van der Waals surface area contributed by atoms with Crippen LogP contribution in [0.4, 0.5) is 5.82 Å². The minimum atomic E-state index is -1.36. The van der Waals surface area contributed by atoms with Crippen molar-refractivity contribution in [2.45, 2.75) is 24.5 Å². The first-order valence-electron chi connectivity index (χ1n) is 7.78. The van der Waals surface area contributed by atoms with E-state index in [9.17, 15) is 20.1 Å². The number of hydrogen-bond donors (Lipinski definition) is 3. The monoisotopic (exact) mass is 348 g/mol. The molecule has 0 bridgehead atoms. The van der Waals surface area contributed by atoms with Crippen molar-refractivity contribution in [2.24, 2.45) is 4.99 Å². The Hall–Kier alpha value is -2.33. The van der Waals surface area contributed by atoms with Crippen LogP contribution < -0.4 is 5.69 Å². The molecule has 0 aliphatic carbocycles. The summed E-state index contributed by atoms with van der Waals surface area (Å²) in [5, 5.41) is 30.0. The zero-order valence-electron chi connectivity index (χ0n) is 13.9. The van der Waals surface area contributed by atoms with Gasteiger partial charge in [0.05, 0.1) is 18.5 Å². The van der Waals surface area contributed by atoms with E-state index in [0.717, 1.165) is 0 Å². The third-order valence-electron chi connectivity index (χ3n) is 3.99. The van der Waals surface area contributed by atoms with Crippen LogP contribution in [0, 0.1) is 0 Å². The zero-order valence-corrected chi connectivity index (χ0v) is 13.9. The molecule has 9 heteroatoms. The molecule has 0 unspecified atom stereocenters. The fraction of sp³-hybridized carbons (Fsp3) is 0.438. The highest BCUT2D eigenvalue weighted by Crippen LogP contribution is 2.32. The van der Waals surface area contributed by atoms with Crippen LogP contribution in [0.5, 0.6) is 0 Å². The molecule has 0 spiro atoms. The van der Waals surface area contributed by atoms with Gasteiger partial charge < -0.3 is 25.0 Å². The Balaban J connectivity index is 2.16. The number of hydrogen-bond acceptors (Lipinski definition) is 7. The van der Waals surface area contributed by atoms with Crippen LogP contribution in [0.15, 0.2) is 34.1 Å². The van der Waals surface area contributed by atoms with Gasteiger partial charge in [0.25, 0.3) is 0 Å². The number of aromatic nitrogens is 2. The minimum Gasteiger partial charge on any atom is -0.394 e. The Labute approximate surface area is 143 Å². The van der Waals surface area contributed by atoms with Crippen molar-refractivity contribution in [1.82, 2.24) is 14.5 Å². The highest BCUT2D eigenvalue weighted by atomic mass is 16.6. The Morgan fingerprint density at radius 3 is 2.68 bits per heavy atom. The lowest BCUT2D eigenvalue weighted by molar-refractivity contribution is -0.0527. The fourth-order valence-electron chi connectivity index (χ4n) is 2.79. The van der Waals surface area contributed by atoms with E-state index in [4.69, 9.17) is 4.74 Å². The van der Waals surface area contributed by atoms with Crippen molar-refractivity contribution in [3.63, 3.8) is 0 Å². The topological polar surface area (TPSA) is 120 Å². The van der Waals surface area contributed by atoms with Crippen molar-refractivity contribution in [3.05, 3.63) is 34.7 Å². The molecule has 1 aromatic carbocycles. The summed E-state index contributed by atoms with van der Waals surface area (Å²) in [6.07, 6.45) is -3.25. The molecule has 0 amide bonds. The highest BCUT2D eigenvalue weighted by Gasteiger charge is 2.44. The van der Waals surface area contributed by atoms with E-state index in [2.05, 4.69) is 9.98 Å². The Morgan fingerprint density at radius 1 is 1.32 bits per heavy atom. The van der Waals surface area contributed by atoms with E-state index in [-0.39, 0.29) is 5.82 Å². The number of ether oxygens (including phenoxy) is 1. The van der Waals surface area contributed by atoms with Gasteiger partial charge in [-0.2, -0.15) is 4.98 Å². The molecule has 2 aromatic rings. The largest absolute Gasteiger partial charge is 0.394 e. The van der Waals surface area contributed by atoms with E-state index in [0.29, 0.717) is 10.9 Å². The van der Waals surface area contributed by atoms with E-state index < -0.39 is 36.8 Å². The summed E-state index contributed by atoms with van der Waals surface area (Å²) in [5.74, 6) is 0.247. The van der Waals surface area contributed by atoms with Crippen molar-refractivity contribution in [3.8, 4) is 0 Å². The number of nitrogens with zero attached hydrogens (tertiary/aromatic N) is 4. The molecule has 9 nitrogen and oxygen atoms in total. The molecular weight excluding hydrogens is 328 g/mol. The Kier molecular flexibility index (Phi) is 4.82. The quantitative estimate of drug-likeness (QED) is 0.490. The summed E-state index contributed by atoms with van der Waals surface area (Å²) < 4.78 is 6.65. The first-order chi connectivity index (χ1) is 11.9. The number of aliphatic hydroxyl groups is 3. The van der Waals surface area contributed by atoms with Gasteiger partial charge in [-0.3, -0.25) is 4.57 Å². The maximum Gasteiger partial charge on any atom is 0.352 e. The minimum absolute atomic E-state index is 0.247. The van der Waals surface area contributed by atoms with Crippen LogP contribution in [0.1, 0.15) is 6.23 Å². The van der Waals surface area contributed by atoms with Crippen molar-refractivity contribution < 1.29 is 20.1 Å². The van der Waals surface area contributed by atoms with Crippen molar-refractivity contribution in [1.29, 1.82) is 0 Å². The standard InChI is InChI=1S/C16H20N4O5/c1-19(2)8-17-14-9-5-3-4-6-10(9)20(16(24)18-14)15-13(23)12(22)11(7-21)25-15/h3-6,8,11-13,15,21-23H,7H2,1-2H3/t11-,12-,13-,15-/m1/s1. The molecule has 1 aliphatic rings. The van der Waals surface area contributed by atoms with Gasteiger partial charge in [-0.15, -0.1) is 0 Å². The van der Waals surface area contributed by atoms with Crippen molar-refractivity contribution in [2.75, 3.05) is 20.7 Å². The first-order valence-corrected chi connectivity index (χ1v) is 7.78. The van der Waals surface area contributed by atoms with Gasteiger partial charge in [-0.1, -0.05) is 12.1 Å². The smallest absolute Gasteiger partial charge is 0.352 e. The molecule has 134 valence electrons. The lowest BCUT2D eigenvalue weighted by Gasteiger charge is -2.20. The summed E-state index contributed by atoms with van der Waals surface area (Å²) in [6, 6.07) is 6.95. The second-order valence-corrected chi connectivity index (χ2v) is 6.04. The lowest BCUT2D eigenvalue weighted by atomic mass is 10.1. The highest BCUT2D eigenvalue weighted by molar-refractivity contribution is 5.89. The van der Waals surface area contributed by atoms with Gasteiger partial charge in [-0.05, 0) is 12.1 Å². The number of aliphatic hydroxyl groups excluding tert-OH is 3. The van der Waals surface area contributed by atoms with E-state index in [1.54, 1.807) is 43.3 Å². The molecular formula is C16H20N4O5. The lowest BCUT2D eigenvalue weighted by Crippen LogP contribution is -2.36. The van der Waals surface area contributed by atoms with E-state index in [1.807, 2.05) is 0 Å². The van der Waals surface area contributed by atoms with Crippen LogP contribution in [-0.4, -0.2) is 75.1 Å². The molecule has 1 fully saturated rings. The number of aliphatic imine (C=N–C) groups is 1. The molecule has 4 atom stereocenters. The number of rotatable bonds is 4. The average molecular weight is 348 g/mol. The summed E-state index contributed by atoms with van der Waals surface area (Å²) >= 11 is 0. The van der Waals surface area contributed by atoms with E-state index >= 15 is 0 Å². The Morgan fingerprint density at radius 2 is 2.04 bits per heavy atom. The summed E-state index contributed by atoms with van der Waals surface area (Å²) in [4.78, 5) is 22.5. The Bertz CT molecular complexity index is 850.